The summed E-state index contributed by atoms with van der Waals surface area (Å²) in [5.74, 6) is 1.51. The summed E-state index contributed by atoms with van der Waals surface area (Å²) in [6.45, 7) is 6.47. The summed E-state index contributed by atoms with van der Waals surface area (Å²) in [5.41, 5.74) is 2.41. The first-order chi connectivity index (χ1) is 18.5. The molecule has 198 valence electrons. The molecule has 38 heavy (non-hydrogen) atoms. The molecule has 0 spiro atoms. The number of aromatic nitrogens is 4. The third-order valence-electron chi connectivity index (χ3n) is 7.85. The van der Waals surface area contributed by atoms with Crippen molar-refractivity contribution in [1.82, 2.24) is 30.2 Å². The van der Waals surface area contributed by atoms with Crippen LogP contribution in [0.2, 0.25) is 0 Å². The summed E-state index contributed by atoms with van der Waals surface area (Å²) in [5, 5.41) is 16.7. The van der Waals surface area contributed by atoms with Crippen LogP contribution in [0.3, 0.4) is 0 Å². The van der Waals surface area contributed by atoms with E-state index in [1.54, 1.807) is 25.4 Å². The third-order valence-corrected chi connectivity index (χ3v) is 7.85. The largest absolute Gasteiger partial charge is 0.508 e. The number of ether oxygens (including phenoxy) is 1. The van der Waals surface area contributed by atoms with Crippen molar-refractivity contribution in [3.63, 3.8) is 0 Å². The molecule has 2 aromatic heterocycles. The number of aryl methyl sites for hydroxylation is 1. The van der Waals surface area contributed by atoms with Crippen LogP contribution >= 0.6 is 0 Å². The van der Waals surface area contributed by atoms with Crippen molar-refractivity contribution in [2.75, 3.05) is 45.2 Å². The molecule has 2 N–H and O–H groups in total. The highest BCUT2D eigenvalue weighted by Crippen LogP contribution is 2.35. The van der Waals surface area contributed by atoms with Gasteiger partial charge in [0.25, 0.3) is 0 Å². The fourth-order valence-electron chi connectivity index (χ4n) is 5.97. The van der Waals surface area contributed by atoms with Crippen LogP contribution in [-0.2, 0) is 0 Å². The summed E-state index contributed by atoms with van der Waals surface area (Å²) in [4.78, 5) is 23.3. The Labute approximate surface area is 222 Å². The molecular formula is C29H35N7O2. The first-order valence-electron chi connectivity index (χ1n) is 13.5. The molecule has 0 aliphatic carbocycles. The van der Waals surface area contributed by atoms with Gasteiger partial charge in [-0.3, -0.25) is 0 Å². The van der Waals surface area contributed by atoms with Crippen LogP contribution in [0.25, 0.3) is 33.2 Å². The van der Waals surface area contributed by atoms with Gasteiger partial charge in [-0.25, -0.2) is 9.97 Å². The number of phenolic OH excluding ortho intramolecular Hbond substituents is 1. The minimum atomic E-state index is 0.180. The van der Waals surface area contributed by atoms with Crippen LogP contribution in [-0.4, -0.2) is 82.4 Å². The number of methoxy groups -OCH3 is 1. The van der Waals surface area contributed by atoms with Gasteiger partial charge in [0.05, 0.1) is 12.5 Å². The lowest BCUT2D eigenvalue weighted by atomic mass is 9.99. The van der Waals surface area contributed by atoms with Gasteiger partial charge in [-0.05, 0) is 81.2 Å². The number of likely N-dealkylation sites (tertiary alicyclic amines) is 1. The summed E-state index contributed by atoms with van der Waals surface area (Å²) in [6, 6.07) is 10.7. The molecule has 7 rings (SSSR count). The van der Waals surface area contributed by atoms with E-state index in [0.717, 1.165) is 46.2 Å². The predicted molar refractivity (Wildman–Crippen MR) is 150 cm³/mol. The molecule has 3 aliphatic heterocycles. The topological polar surface area (TPSA) is 99.5 Å². The number of anilines is 1. The van der Waals surface area contributed by atoms with Crippen molar-refractivity contribution >= 4 is 27.6 Å². The zero-order chi connectivity index (χ0) is 26.2. The maximum absolute atomic E-state index is 10.3. The van der Waals surface area contributed by atoms with Crippen LogP contribution in [0.15, 0.2) is 36.5 Å². The van der Waals surface area contributed by atoms with E-state index in [9.17, 15) is 5.11 Å². The number of phenols is 1. The first kappa shape index (κ1) is 24.8. The Morgan fingerprint density at radius 1 is 1.03 bits per heavy atom. The molecule has 3 saturated heterocycles. The lowest BCUT2D eigenvalue weighted by molar-refractivity contribution is 0.380. The Kier molecular flexibility index (Phi) is 6.71. The van der Waals surface area contributed by atoms with E-state index in [1.165, 1.54) is 38.8 Å². The number of nitrogens with one attached hydrogen (secondary N) is 1. The van der Waals surface area contributed by atoms with E-state index < -0.39 is 0 Å². The van der Waals surface area contributed by atoms with Gasteiger partial charge < -0.3 is 25.0 Å². The highest BCUT2D eigenvalue weighted by atomic mass is 16.5. The van der Waals surface area contributed by atoms with Gasteiger partial charge in [0.2, 0.25) is 0 Å². The maximum Gasteiger partial charge on any atom is 0.320 e. The Hall–Kier alpha value is -3.56. The number of fused-ring (bicyclic) bond motifs is 4. The summed E-state index contributed by atoms with van der Waals surface area (Å²) < 4.78 is 5.41. The Morgan fingerprint density at radius 2 is 1.79 bits per heavy atom. The standard InChI is InChI=1S/C24H24N6O2.C5H11N/c1-13-4-3-5-14-8-17(31)9-18(20(13)14)21-25-10-19-22(27-21)28-24(32-2)29-23(19)30-11-15-6-7-16(12-30)26-15;1-6-4-2-3-5-6/h3-5,8-10,15-16,26,31H,6-7,11-12H2,1-2H3;2-5H2,1H3/t15-,16?;/m0./s1. The summed E-state index contributed by atoms with van der Waals surface area (Å²) in [7, 11) is 3.74. The lowest BCUT2D eigenvalue weighted by Crippen LogP contribution is -2.51. The molecule has 1 unspecified atom stereocenters. The molecule has 4 aromatic rings. The molecular weight excluding hydrogens is 478 g/mol. The molecule has 9 nitrogen and oxygen atoms in total. The van der Waals surface area contributed by atoms with Crippen molar-refractivity contribution in [3.8, 4) is 23.1 Å². The van der Waals surface area contributed by atoms with Crippen molar-refractivity contribution < 1.29 is 9.84 Å². The van der Waals surface area contributed by atoms with Crippen LogP contribution in [0.1, 0.15) is 31.2 Å². The lowest BCUT2D eigenvalue weighted by Gasteiger charge is -2.34. The molecule has 2 atom stereocenters. The highest BCUT2D eigenvalue weighted by molar-refractivity contribution is 5.99. The van der Waals surface area contributed by atoms with Crippen molar-refractivity contribution in [2.45, 2.75) is 44.7 Å². The fourth-order valence-corrected chi connectivity index (χ4v) is 5.97. The van der Waals surface area contributed by atoms with Gasteiger partial charge >= 0.3 is 6.01 Å². The van der Waals surface area contributed by atoms with E-state index in [-0.39, 0.29) is 5.75 Å². The molecule has 9 heteroatoms. The van der Waals surface area contributed by atoms with Crippen LogP contribution in [0, 0.1) is 6.92 Å². The van der Waals surface area contributed by atoms with Gasteiger partial charge in [-0.1, -0.05) is 18.2 Å². The van der Waals surface area contributed by atoms with Gasteiger partial charge in [0.1, 0.15) is 11.6 Å². The maximum atomic E-state index is 10.3. The second-order valence-electron chi connectivity index (χ2n) is 10.7. The van der Waals surface area contributed by atoms with E-state index in [4.69, 9.17) is 9.72 Å². The van der Waals surface area contributed by atoms with Gasteiger partial charge in [0, 0.05) is 36.9 Å². The number of aromatic hydroxyl groups is 1. The molecule has 3 aliphatic rings. The van der Waals surface area contributed by atoms with Gasteiger partial charge in [-0.2, -0.15) is 9.97 Å². The zero-order valence-corrected chi connectivity index (χ0v) is 22.3. The van der Waals surface area contributed by atoms with Crippen molar-refractivity contribution in [1.29, 1.82) is 0 Å². The average molecular weight is 514 g/mol. The number of hydrogen-bond acceptors (Lipinski definition) is 9. The average Bonchev–Trinajstić information content (AvgIpc) is 3.54. The number of hydrogen-bond donors (Lipinski definition) is 2. The minimum absolute atomic E-state index is 0.180. The number of benzene rings is 2. The second-order valence-corrected chi connectivity index (χ2v) is 10.7. The number of piperazine rings is 1. The molecule has 0 radical (unpaired) electrons. The third kappa shape index (κ3) is 4.83. The van der Waals surface area contributed by atoms with E-state index in [1.807, 2.05) is 25.1 Å². The molecule has 0 saturated carbocycles. The zero-order valence-electron chi connectivity index (χ0n) is 22.3. The smallest absolute Gasteiger partial charge is 0.320 e. The minimum Gasteiger partial charge on any atom is -0.508 e. The number of rotatable bonds is 3. The predicted octanol–water partition coefficient (Wildman–Crippen LogP) is 3.92. The summed E-state index contributed by atoms with van der Waals surface area (Å²) in [6.07, 6.45) is 7.00. The number of nitrogens with zero attached hydrogens (tertiary/aromatic N) is 6. The molecule has 3 fully saturated rings. The van der Waals surface area contributed by atoms with Crippen LogP contribution in [0.4, 0.5) is 5.82 Å². The normalized spacial score (nSPS) is 21.1. The monoisotopic (exact) mass is 513 g/mol. The van der Waals surface area contributed by atoms with Gasteiger partial charge in [-0.15, -0.1) is 0 Å². The molecule has 5 heterocycles. The molecule has 0 amide bonds. The highest BCUT2D eigenvalue weighted by Gasteiger charge is 2.34. The Balaban J connectivity index is 0.000000390. The van der Waals surface area contributed by atoms with Crippen molar-refractivity contribution in [3.05, 3.63) is 42.1 Å². The first-order valence-corrected chi connectivity index (χ1v) is 13.5. The second kappa shape index (κ2) is 10.3. The fraction of sp³-hybridized carbons (Fsp3) is 0.448. The van der Waals surface area contributed by atoms with E-state index >= 15 is 0 Å². The van der Waals surface area contributed by atoms with Gasteiger partial charge in [0.15, 0.2) is 11.5 Å². The van der Waals surface area contributed by atoms with Crippen LogP contribution < -0.4 is 15.0 Å². The molecule has 2 aromatic carbocycles. The Morgan fingerprint density at radius 3 is 2.47 bits per heavy atom. The Bertz CT molecular complexity index is 1460. The van der Waals surface area contributed by atoms with Crippen molar-refractivity contribution in [2.24, 2.45) is 0 Å². The quantitative estimate of drug-likeness (QED) is 0.422. The summed E-state index contributed by atoms with van der Waals surface area (Å²) >= 11 is 0. The van der Waals surface area contributed by atoms with E-state index in [0.29, 0.717) is 29.6 Å². The SMILES string of the molecule is CN1CCCC1.COc1nc(N2CC3CC[C@@H](C2)N3)c2cnc(-c3cc(O)cc4cccc(C)c34)nc2n1. The molecule has 2 bridgehead atoms. The van der Waals surface area contributed by atoms with E-state index in [2.05, 4.69) is 37.1 Å². The van der Waals surface area contributed by atoms with Crippen LogP contribution in [0.5, 0.6) is 11.8 Å².